The van der Waals surface area contributed by atoms with Crippen molar-refractivity contribution in [3.8, 4) is 0 Å². The molecule has 0 aliphatic carbocycles. The first-order chi connectivity index (χ1) is 4.20. The van der Waals surface area contributed by atoms with Crippen molar-refractivity contribution >= 4 is 27.0 Å². The lowest BCUT2D eigenvalue weighted by atomic mass is 10.2. The van der Waals surface area contributed by atoms with E-state index in [1.54, 1.807) is 0 Å². The SMILES string of the molecule is Cc1cc(Cl)ccc1[Si]. The molecule has 1 aromatic carbocycles. The third-order valence-corrected chi connectivity index (χ3v) is 1.98. The molecule has 3 radical (unpaired) electrons. The van der Waals surface area contributed by atoms with Gasteiger partial charge in [0.25, 0.3) is 0 Å². The fraction of sp³-hybridized carbons (Fsp3) is 0.143. The molecule has 0 atom stereocenters. The van der Waals surface area contributed by atoms with E-state index in [1.165, 1.54) is 5.56 Å². The second-order valence-corrected chi connectivity index (χ2v) is 2.93. The first-order valence-electron chi connectivity index (χ1n) is 2.68. The van der Waals surface area contributed by atoms with E-state index in [0.29, 0.717) is 0 Å². The van der Waals surface area contributed by atoms with E-state index < -0.39 is 0 Å². The Labute approximate surface area is 63.3 Å². The quantitative estimate of drug-likeness (QED) is 0.495. The minimum Gasteiger partial charge on any atom is -0.0843 e. The highest BCUT2D eigenvalue weighted by Crippen LogP contribution is 2.06. The highest BCUT2D eigenvalue weighted by molar-refractivity contribution is 6.35. The van der Waals surface area contributed by atoms with Gasteiger partial charge in [0.2, 0.25) is 0 Å². The summed E-state index contributed by atoms with van der Waals surface area (Å²) in [7, 11) is 3.42. The highest BCUT2D eigenvalue weighted by Gasteiger charge is 1.90. The van der Waals surface area contributed by atoms with Crippen molar-refractivity contribution in [3.05, 3.63) is 28.8 Å². The molecule has 2 heteroatoms. The molecule has 0 aliphatic heterocycles. The van der Waals surface area contributed by atoms with Crippen LogP contribution in [0.3, 0.4) is 0 Å². The maximum absolute atomic E-state index is 5.70. The largest absolute Gasteiger partial charge is 0.0843 e. The summed E-state index contributed by atoms with van der Waals surface area (Å²) < 4.78 is 0. The lowest BCUT2D eigenvalue weighted by Gasteiger charge is -1.96. The number of benzene rings is 1. The first-order valence-corrected chi connectivity index (χ1v) is 3.55. The van der Waals surface area contributed by atoms with E-state index in [9.17, 15) is 0 Å². The van der Waals surface area contributed by atoms with Crippen molar-refractivity contribution in [2.24, 2.45) is 0 Å². The Morgan fingerprint density at radius 3 is 2.56 bits per heavy atom. The summed E-state index contributed by atoms with van der Waals surface area (Å²) in [4.78, 5) is 0. The van der Waals surface area contributed by atoms with Gasteiger partial charge < -0.3 is 0 Å². The van der Waals surface area contributed by atoms with Gasteiger partial charge in [-0.3, -0.25) is 0 Å². The Bertz CT molecular complexity index is 220. The minimum absolute atomic E-state index is 0.787. The van der Waals surface area contributed by atoms with Gasteiger partial charge in [0.05, 0.1) is 10.2 Å². The molecule has 0 bridgehead atoms. The summed E-state index contributed by atoms with van der Waals surface area (Å²) in [5.41, 5.74) is 1.17. The third-order valence-electron chi connectivity index (χ3n) is 1.19. The second kappa shape index (κ2) is 2.54. The minimum atomic E-state index is 0.787. The molecule has 0 unspecified atom stereocenters. The van der Waals surface area contributed by atoms with Crippen LogP contribution >= 0.6 is 11.6 Å². The molecule has 0 nitrogen and oxygen atoms in total. The van der Waals surface area contributed by atoms with Crippen molar-refractivity contribution in [3.63, 3.8) is 0 Å². The van der Waals surface area contributed by atoms with Crippen LogP contribution in [0, 0.1) is 6.92 Å². The van der Waals surface area contributed by atoms with Crippen LogP contribution in [-0.4, -0.2) is 10.2 Å². The van der Waals surface area contributed by atoms with E-state index in [-0.39, 0.29) is 0 Å². The van der Waals surface area contributed by atoms with E-state index >= 15 is 0 Å². The standard InChI is InChI=1S/C7H6ClSi/c1-5-4-6(8)2-3-7(5)9/h2-4H,1H3. The predicted molar refractivity (Wildman–Crippen MR) is 41.6 cm³/mol. The topological polar surface area (TPSA) is 0 Å². The van der Waals surface area contributed by atoms with Crippen molar-refractivity contribution < 1.29 is 0 Å². The van der Waals surface area contributed by atoms with E-state index in [4.69, 9.17) is 11.6 Å². The lowest BCUT2D eigenvalue weighted by molar-refractivity contribution is 1.52. The van der Waals surface area contributed by atoms with Gasteiger partial charge in [-0.15, -0.1) is 0 Å². The van der Waals surface area contributed by atoms with Gasteiger partial charge in [-0.05, 0) is 19.1 Å². The number of aryl methyl sites for hydroxylation is 1. The fourth-order valence-corrected chi connectivity index (χ4v) is 1.01. The summed E-state index contributed by atoms with van der Waals surface area (Å²) in [6, 6.07) is 5.72. The zero-order valence-corrected chi connectivity index (χ0v) is 6.87. The van der Waals surface area contributed by atoms with Gasteiger partial charge in [0.15, 0.2) is 0 Å². The molecule has 0 heterocycles. The number of hydrogen-bond donors (Lipinski definition) is 0. The maximum Gasteiger partial charge on any atom is 0.0715 e. The van der Waals surface area contributed by atoms with Crippen LogP contribution < -0.4 is 5.19 Å². The van der Waals surface area contributed by atoms with E-state index in [1.807, 2.05) is 25.1 Å². The van der Waals surface area contributed by atoms with Gasteiger partial charge >= 0.3 is 0 Å². The molecule has 45 valence electrons. The van der Waals surface area contributed by atoms with Gasteiger partial charge in [0.1, 0.15) is 0 Å². The van der Waals surface area contributed by atoms with Gasteiger partial charge in [-0.1, -0.05) is 28.4 Å². The third kappa shape index (κ3) is 1.56. The van der Waals surface area contributed by atoms with Crippen LogP contribution in [0.5, 0.6) is 0 Å². The van der Waals surface area contributed by atoms with Crippen LogP contribution in [0.4, 0.5) is 0 Å². The van der Waals surface area contributed by atoms with Gasteiger partial charge in [0, 0.05) is 5.02 Å². The summed E-state index contributed by atoms with van der Waals surface area (Å²) >= 11 is 5.70. The van der Waals surface area contributed by atoms with Crippen LogP contribution in [0.2, 0.25) is 5.02 Å². The van der Waals surface area contributed by atoms with E-state index in [0.717, 1.165) is 10.2 Å². The second-order valence-electron chi connectivity index (χ2n) is 1.96. The molecule has 0 aromatic heterocycles. The monoisotopic (exact) mass is 153 g/mol. The molecular weight excluding hydrogens is 148 g/mol. The fourth-order valence-electron chi connectivity index (χ4n) is 0.627. The smallest absolute Gasteiger partial charge is 0.0715 e. The Morgan fingerprint density at radius 1 is 1.44 bits per heavy atom. The maximum atomic E-state index is 5.70. The normalized spacial score (nSPS) is 9.67. The Kier molecular flexibility index (Phi) is 1.93. The van der Waals surface area contributed by atoms with Crippen molar-refractivity contribution in [1.82, 2.24) is 0 Å². The van der Waals surface area contributed by atoms with Crippen LogP contribution in [-0.2, 0) is 0 Å². The van der Waals surface area contributed by atoms with Crippen molar-refractivity contribution in [1.29, 1.82) is 0 Å². The average Bonchev–Trinajstić information content (AvgIpc) is 1.80. The first kappa shape index (κ1) is 6.84. The van der Waals surface area contributed by atoms with Gasteiger partial charge in [-0.2, -0.15) is 0 Å². The molecule has 0 N–H and O–H groups in total. The Morgan fingerprint density at radius 2 is 2.11 bits per heavy atom. The summed E-state index contributed by atoms with van der Waals surface area (Å²) in [6.45, 7) is 2.01. The molecule has 1 aromatic rings. The Hall–Kier alpha value is -0.273. The zero-order chi connectivity index (χ0) is 6.85. The molecule has 0 fully saturated rings. The van der Waals surface area contributed by atoms with Crippen molar-refractivity contribution in [2.75, 3.05) is 0 Å². The van der Waals surface area contributed by atoms with Gasteiger partial charge in [-0.25, -0.2) is 0 Å². The molecule has 0 aliphatic rings. The van der Waals surface area contributed by atoms with Crippen molar-refractivity contribution in [2.45, 2.75) is 6.92 Å². The highest BCUT2D eigenvalue weighted by atomic mass is 35.5. The van der Waals surface area contributed by atoms with Crippen LogP contribution in [0.15, 0.2) is 18.2 Å². The number of hydrogen-bond acceptors (Lipinski definition) is 0. The molecule has 9 heavy (non-hydrogen) atoms. The summed E-state index contributed by atoms with van der Waals surface area (Å²) in [5, 5.41) is 1.88. The lowest BCUT2D eigenvalue weighted by Crippen LogP contribution is -2.04. The Balaban J connectivity index is 3.17. The van der Waals surface area contributed by atoms with Crippen LogP contribution in [0.25, 0.3) is 0 Å². The molecule has 0 saturated heterocycles. The molecule has 1 rings (SSSR count). The molecule has 0 saturated carbocycles. The molecule has 0 amide bonds. The average molecular weight is 154 g/mol. The molecular formula is C7H6ClSi. The van der Waals surface area contributed by atoms with E-state index in [2.05, 4.69) is 10.2 Å². The van der Waals surface area contributed by atoms with Crippen LogP contribution in [0.1, 0.15) is 5.56 Å². The predicted octanol–water partition coefficient (Wildman–Crippen LogP) is 1.44. The number of halogens is 1. The zero-order valence-electron chi connectivity index (χ0n) is 5.11. The molecule has 0 spiro atoms. The summed E-state index contributed by atoms with van der Waals surface area (Å²) in [5.74, 6) is 0. The number of rotatable bonds is 0. The summed E-state index contributed by atoms with van der Waals surface area (Å²) in [6.07, 6.45) is 0.